The molecule has 9 aromatic rings. The number of imidazole rings is 2. The molecule has 5 aromatic carbocycles. The predicted octanol–water partition coefficient (Wildman–Crippen LogP) is 8.50. The molecule has 0 bridgehead atoms. The van der Waals surface area contributed by atoms with E-state index in [4.69, 9.17) is 15.0 Å². The highest BCUT2D eigenvalue weighted by Crippen LogP contribution is 2.38. The van der Waals surface area contributed by atoms with Gasteiger partial charge in [0.15, 0.2) is 11.5 Å². The van der Waals surface area contributed by atoms with Crippen LogP contribution in [0.25, 0.3) is 73.0 Å². The van der Waals surface area contributed by atoms with Crippen LogP contribution in [0.5, 0.6) is 0 Å². The summed E-state index contributed by atoms with van der Waals surface area (Å²) >= 11 is 0. The molecule has 43 heavy (non-hydrogen) atoms. The number of hydrogen-bond acceptors (Lipinski definition) is 3. The highest BCUT2D eigenvalue weighted by Gasteiger charge is 2.26. The first-order valence-corrected chi connectivity index (χ1v) is 14.3. The summed E-state index contributed by atoms with van der Waals surface area (Å²) in [5.41, 5.74) is 9.07. The Labute approximate surface area is 246 Å². The van der Waals surface area contributed by atoms with Crippen molar-refractivity contribution in [1.82, 2.24) is 28.5 Å². The van der Waals surface area contributed by atoms with Crippen molar-refractivity contribution in [2.24, 2.45) is 0 Å². The molecule has 6 heteroatoms. The molecule has 0 amide bonds. The second-order valence-corrected chi connectivity index (χ2v) is 10.6. The van der Waals surface area contributed by atoms with Gasteiger partial charge in [-0.15, -0.1) is 0 Å². The smallest absolute Gasteiger partial charge is 0.221 e. The highest BCUT2D eigenvalue weighted by atomic mass is 15.3. The van der Waals surface area contributed by atoms with Crippen LogP contribution in [0.2, 0.25) is 0 Å². The molecule has 0 N–H and O–H groups in total. The number of aromatic nitrogens is 6. The van der Waals surface area contributed by atoms with Crippen LogP contribution in [0.4, 0.5) is 0 Å². The molecule has 0 aliphatic heterocycles. The van der Waals surface area contributed by atoms with Gasteiger partial charge < -0.3 is 0 Å². The van der Waals surface area contributed by atoms with Gasteiger partial charge in [-0.3, -0.25) is 13.5 Å². The average Bonchev–Trinajstić information content (AvgIpc) is 3.72. The third-order valence-electron chi connectivity index (χ3n) is 8.06. The van der Waals surface area contributed by atoms with Gasteiger partial charge >= 0.3 is 0 Å². The Morgan fingerprint density at radius 2 is 1.12 bits per heavy atom. The lowest BCUT2D eigenvalue weighted by Gasteiger charge is -2.13. The van der Waals surface area contributed by atoms with E-state index >= 15 is 0 Å². The zero-order valence-electron chi connectivity index (χ0n) is 23.0. The Balaban J connectivity index is 1.47. The van der Waals surface area contributed by atoms with Gasteiger partial charge in [0.25, 0.3) is 0 Å². The molecule has 0 saturated heterocycles. The maximum atomic E-state index is 5.23. The zero-order chi connectivity index (χ0) is 28.3. The lowest BCUT2D eigenvalue weighted by molar-refractivity contribution is 0.996. The van der Waals surface area contributed by atoms with E-state index in [-0.39, 0.29) is 0 Å². The van der Waals surface area contributed by atoms with Crippen molar-refractivity contribution in [2.75, 3.05) is 0 Å². The monoisotopic (exact) mass is 552 g/mol. The first-order chi connectivity index (χ1) is 21.3. The molecule has 0 fully saturated rings. The summed E-state index contributed by atoms with van der Waals surface area (Å²) in [4.78, 5) is 15.4. The fourth-order valence-electron chi connectivity index (χ4n) is 6.18. The number of para-hydroxylation sites is 4. The summed E-state index contributed by atoms with van der Waals surface area (Å²) in [7, 11) is 0. The number of rotatable bonds is 4. The van der Waals surface area contributed by atoms with Crippen LogP contribution in [0, 0.1) is 0 Å². The molecule has 202 valence electrons. The third kappa shape index (κ3) is 3.57. The molecule has 6 nitrogen and oxygen atoms in total. The maximum Gasteiger partial charge on any atom is 0.221 e. The van der Waals surface area contributed by atoms with Crippen LogP contribution in [0.3, 0.4) is 0 Å². The standard InChI is InChI=1S/C37H24N6/c1-4-14-25(15-5-1)30-24-33(40-35(38-30)26-16-6-2-7-17-26)42-31-22-12-10-20-28(31)34-36(42)41(27-18-8-3-9-19-27)37-39-29-21-11-13-23-32(29)43(34)37/h1-24H. The minimum Gasteiger partial charge on any atom is -0.277 e. The van der Waals surface area contributed by atoms with E-state index in [2.05, 4.69) is 111 Å². The van der Waals surface area contributed by atoms with E-state index in [0.29, 0.717) is 5.82 Å². The first-order valence-electron chi connectivity index (χ1n) is 14.3. The second-order valence-electron chi connectivity index (χ2n) is 10.6. The van der Waals surface area contributed by atoms with Crippen LogP contribution < -0.4 is 0 Å². The molecule has 9 rings (SSSR count). The van der Waals surface area contributed by atoms with Gasteiger partial charge in [-0.1, -0.05) is 109 Å². The van der Waals surface area contributed by atoms with Crippen molar-refractivity contribution in [3.8, 4) is 34.2 Å². The van der Waals surface area contributed by atoms with Gasteiger partial charge in [0.05, 0.1) is 27.9 Å². The van der Waals surface area contributed by atoms with E-state index in [9.17, 15) is 0 Å². The normalized spacial score (nSPS) is 11.7. The highest BCUT2D eigenvalue weighted by molar-refractivity contribution is 6.10. The first kappa shape index (κ1) is 23.7. The van der Waals surface area contributed by atoms with Crippen molar-refractivity contribution in [3.05, 3.63) is 146 Å². The molecule has 0 spiro atoms. The van der Waals surface area contributed by atoms with Gasteiger partial charge in [0.2, 0.25) is 5.78 Å². The average molecular weight is 553 g/mol. The van der Waals surface area contributed by atoms with E-state index in [1.165, 1.54) is 0 Å². The van der Waals surface area contributed by atoms with E-state index in [1.54, 1.807) is 0 Å². The molecule has 4 aromatic heterocycles. The van der Waals surface area contributed by atoms with Crippen LogP contribution in [0.1, 0.15) is 0 Å². The molecule has 0 atom stereocenters. The molecular weight excluding hydrogens is 528 g/mol. The largest absolute Gasteiger partial charge is 0.277 e. The molecule has 4 heterocycles. The molecule has 0 aliphatic carbocycles. The van der Waals surface area contributed by atoms with Crippen LogP contribution in [0.15, 0.2) is 146 Å². The summed E-state index contributed by atoms with van der Waals surface area (Å²) in [6, 6.07) is 49.9. The summed E-state index contributed by atoms with van der Waals surface area (Å²) < 4.78 is 6.80. The lowest BCUT2D eigenvalue weighted by Crippen LogP contribution is -2.06. The van der Waals surface area contributed by atoms with Crippen LogP contribution >= 0.6 is 0 Å². The predicted molar refractivity (Wildman–Crippen MR) is 173 cm³/mol. The van der Waals surface area contributed by atoms with Crippen molar-refractivity contribution < 1.29 is 0 Å². The molecular formula is C37H24N6. The van der Waals surface area contributed by atoms with Crippen LogP contribution in [-0.2, 0) is 0 Å². The number of hydrogen-bond donors (Lipinski definition) is 0. The SMILES string of the molecule is c1ccc(-c2cc(-n3c4ccccc4c4c3n(-c3ccccc3)c3nc5ccccc5n43)nc(-c3ccccc3)n2)cc1. The third-order valence-corrected chi connectivity index (χ3v) is 8.06. The van der Waals surface area contributed by atoms with E-state index < -0.39 is 0 Å². The Hall–Kier alpha value is -6.01. The van der Waals surface area contributed by atoms with E-state index in [0.717, 1.165) is 67.2 Å². The van der Waals surface area contributed by atoms with E-state index in [1.807, 2.05) is 48.5 Å². The van der Waals surface area contributed by atoms with Gasteiger partial charge in [-0.2, -0.15) is 0 Å². The Morgan fingerprint density at radius 3 is 1.88 bits per heavy atom. The summed E-state index contributed by atoms with van der Waals surface area (Å²) in [6.07, 6.45) is 0. The number of fused-ring (bicyclic) bond motifs is 7. The molecule has 0 unspecified atom stereocenters. The van der Waals surface area contributed by atoms with Crippen molar-refractivity contribution in [3.63, 3.8) is 0 Å². The van der Waals surface area contributed by atoms with Gasteiger partial charge in [0, 0.05) is 22.6 Å². The maximum absolute atomic E-state index is 5.23. The Kier molecular flexibility index (Phi) is 5.10. The topological polar surface area (TPSA) is 52.9 Å². The van der Waals surface area contributed by atoms with Gasteiger partial charge in [-0.25, -0.2) is 15.0 Å². The summed E-state index contributed by atoms with van der Waals surface area (Å²) in [5, 5.41) is 1.13. The molecule has 0 saturated carbocycles. The van der Waals surface area contributed by atoms with Gasteiger partial charge in [-0.05, 0) is 30.3 Å². The van der Waals surface area contributed by atoms with Gasteiger partial charge in [0.1, 0.15) is 11.3 Å². The zero-order valence-corrected chi connectivity index (χ0v) is 23.0. The lowest BCUT2D eigenvalue weighted by atomic mass is 10.1. The molecule has 0 aliphatic rings. The quantitative estimate of drug-likeness (QED) is 0.220. The van der Waals surface area contributed by atoms with Crippen molar-refractivity contribution >= 4 is 38.9 Å². The second kappa shape index (κ2) is 9.26. The Bertz CT molecular complexity index is 2380. The van der Waals surface area contributed by atoms with Crippen molar-refractivity contribution in [2.45, 2.75) is 0 Å². The molecule has 0 radical (unpaired) electrons. The minimum absolute atomic E-state index is 0.677. The fourth-order valence-corrected chi connectivity index (χ4v) is 6.18. The minimum atomic E-state index is 0.677. The number of nitrogens with zero attached hydrogens (tertiary/aromatic N) is 6. The Morgan fingerprint density at radius 1 is 0.488 bits per heavy atom. The summed E-state index contributed by atoms with van der Waals surface area (Å²) in [6.45, 7) is 0. The van der Waals surface area contributed by atoms with Crippen LogP contribution in [-0.4, -0.2) is 28.5 Å². The van der Waals surface area contributed by atoms with Crippen molar-refractivity contribution in [1.29, 1.82) is 0 Å². The number of benzene rings is 5. The fraction of sp³-hybridized carbons (Fsp3) is 0. The summed E-state index contributed by atoms with van der Waals surface area (Å²) in [5.74, 6) is 2.33.